The maximum Gasteiger partial charge on any atom is 0.306 e. The van der Waals surface area contributed by atoms with Gasteiger partial charge in [0.15, 0.2) is 0 Å². The van der Waals surface area contributed by atoms with Crippen LogP contribution in [0.3, 0.4) is 0 Å². The fraction of sp³-hybridized carbons (Fsp3) is 0.550. The van der Waals surface area contributed by atoms with Crippen molar-refractivity contribution >= 4 is 17.8 Å². The van der Waals surface area contributed by atoms with Crippen molar-refractivity contribution in [3.8, 4) is 0 Å². The van der Waals surface area contributed by atoms with Gasteiger partial charge in [-0.2, -0.15) is 0 Å². The van der Waals surface area contributed by atoms with Crippen LogP contribution in [0.4, 0.5) is 0 Å². The molecule has 27 heavy (non-hydrogen) atoms. The molecule has 2 aliphatic rings. The first-order chi connectivity index (χ1) is 13.0. The number of carbonyl (C=O) groups excluding carboxylic acids is 2. The molecule has 1 N–H and O–H groups in total. The molecule has 0 saturated carbocycles. The largest absolute Gasteiger partial charge is 0.481 e. The Bertz CT molecular complexity index is 678. The van der Waals surface area contributed by atoms with E-state index in [1.165, 1.54) is 0 Å². The molecule has 0 aromatic heterocycles. The van der Waals surface area contributed by atoms with E-state index in [1.807, 2.05) is 30.3 Å². The molecule has 0 spiro atoms. The Labute approximate surface area is 158 Å². The third-order valence-electron chi connectivity index (χ3n) is 5.17. The van der Waals surface area contributed by atoms with Crippen molar-refractivity contribution in [3.63, 3.8) is 0 Å². The number of carboxylic acid groups (broad SMARTS) is 1. The molecule has 1 aromatic carbocycles. The zero-order valence-electron chi connectivity index (χ0n) is 15.4. The van der Waals surface area contributed by atoms with Crippen LogP contribution in [0.25, 0.3) is 0 Å². The van der Waals surface area contributed by atoms with Crippen molar-refractivity contribution in [3.05, 3.63) is 35.9 Å². The monoisotopic (exact) mass is 374 g/mol. The van der Waals surface area contributed by atoms with Crippen LogP contribution in [-0.4, -0.2) is 71.6 Å². The van der Waals surface area contributed by atoms with Crippen molar-refractivity contribution in [2.45, 2.75) is 31.8 Å². The number of hydrogen-bond acceptors (Lipinski definition) is 4. The average Bonchev–Trinajstić information content (AvgIpc) is 2.68. The summed E-state index contributed by atoms with van der Waals surface area (Å²) in [6.07, 6.45) is 1.35. The van der Waals surface area contributed by atoms with Gasteiger partial charge in [0.2, 0.25) is 11.8 Å². The summed E-state index contributed by atoms with van der Waals surface area (Å²) in [4.78, 5) is 39.9. The van der Waals surface area contributed by atoms with E-state index in [0.717, 1.165) is 18.4 Å². The zero-order chi connectivity index (χ0) is 19.2. The maximum absolute atomic E-state index is 12.9. The van der Waals surface area contributed by atoms with Gasteiger partial charge in [-0.05, 0) is 18.4 Å². The Hall–Kier alpha value is -2.41. The molecule has 2 saturated heterocycles. The lowest BCUT2D eigenvalue weighted by Crippen LogP contribution is -2.52. The summed E-state index contributed by atoms with van der Waals surface area (Å²) in [5, 5.41) is 8.93. The van der Waals surface area contributed by atoms with Gasteiger partial charge in [0.1, 0.15) is 0 Å². The lowest BCUT2D eigenvalue weighted by atomic mass is 9.95. The summed E-state index contributed by atoms with van der Waals surface area (Å²) < 4.78 is 5.44. The Balaban J connectivity index is 1.56. The van der Waals surface area contributed by atoms with Crippen LogP contribution in [-0.2, 0) is 25.5 Å². The Morgan fingerprint density at radius 1 is 1.07 bits per heavy atom. The number of hydrogen-bond donors (Lipinski definition) is 1. The predicted molar refractivity (Wildman–Crippen MR) is 98.0 cm³/mol. The molecule has 2 fully saturated rings. The first-order valence-electron chi connectivity index (χ1n) is 9.47. The highest BCUT2D eigenvalue weighted by atomic mass is 16.5. The smallest absolute Gasteiger partial charge is 0.306 e. The number of carboxylic acids is 1. The van der Waals surface area contributed by atoms with E-state index < -0.39 is 12.1 Å². The van der Waals surface area contributed by atoms with E-state index in [2.05, 4.69) is 0 Å². The summed E-state index contributed by atoms with van der Waals surface area (Å²) >= 11 is 0. The van der Waals surface area contributed by atoms with Gasteiger partial charge in [-0.15, -0.1) is 0 Å². The molecule has 2 amide bonds. The van der Waals surface area contributed by atoms with Crippen molar-refractivity contribution in [1.29, 1.82) is 0 Å². The van der Waals surface area contributed by atoms with Crippen LogP contribution in [0.1, 0.15) is 24.8 Å². The fourth-order valence-corrected chi connectivity index (χ4v) is 3.78. The molecule has 7 nitrogen and oxygen atoms in total. The number of nitrogens with zero attached hydrogens (tertiary/aromatic N) is 2. The molecule has 146 valence electrons. The second-order valence-corrected chi connectivity index (χ2v) is 7.22. The van der Waals surface area contributed by atoms with Gasteiger partial charge >= 0.3 is 5.97 Å². The van der Waals surface area contributed by atoms with Crippen molar-refractivity contribution in [2.75, 3.05) is 32.8 Å². The first-order valence-corrected chi connectivity index (χ1v) is 9.47. The van der Waals surface area contributed by atoms with Crippen LogP contribution >= 0.6 is 0 Å². The minimum Gasteiger partial charge on any atom is -0.481 e. The summed E-state index contributed by atoms with van der Waals surface area (Å²) in [5.41, 5.74) is 0.973. The van der Waals surface area contributed by atoms with Gasteiger partial charge < -0.3 is 19.6 Å². The Morgan fingerprint density at radius 2 is 1.85 bits per heavy atom. The highest BCUT2D eigenvalue weighted by molar-refractivity contribution is 5.82. The third-order valence-corrected chi connectivity index (χ3v) is 5.17. The molecular weight excluding hydrogens is 348 g/mol. The molecule has 0 aliphatic carbocycles. The van der Waals surface area contributed by atoms with Gasteiger partial charge in [-0.3, -0.25) is 14.4 Å². The molecule has 3 rings (SSSR count). The summed E-state index contributed by atoms with van der Waals surface area (Å²) in [5.74, 6) is -1.10. The second-order valence-electron chi connectivity index (χ2n) is 7.22. The van der Waals surface area contributed by atoms with Gasteiger partial charge in [0.05, 0.1) is 31.5 Å². The van der Waals surface area contributed by atoms with Crippen LogP contribution in [0.5, 0.6) is 0 Å². The predicted octanol–water partition coefficient (Wildman–Crippen LogP) is 1.17. The van der Waals surface area contributed by atoms with Gasteiger partial charge in [-0.25, -0.2) is 0 Å². The number of piperidine rings is 1. The van der Waals surface area contributed by atoms with Crippen molar-refractivity contribution in [1.82, 2.24) is 9.80 Å². The molecule has 2 atom stereocenters. The van der Waals surface area contributed by atoms with Gasteiger partial charge in [-0.1, -0.05) is 30.3 Å². The number of rotatable bonds is 5. The maximum atomic E-state index is 12.9. The van der Waals surface area contributed by atoms with Crippen LogP contribution in [0.2, 0.25) is 0 Å². The standard InChI is InChI=1S/C20H26N2O5/c23-18(11-15-5-2-1-3-6-15)21-8-4-7-16(13-21)20(26)22-9-10-27-17(14-22)12-19(24)25/h1-3,5-6,16-17H,4,7-14H2,(H,24,25). The minimum atomic E-state index is -0.926. The Morgan fingerprint density at radius 3 is 2.59 bits per heavy atom. The van der Waals surface area contributed by atoms with E-state index in [4.69, 9.17) is 9.84 Å². The number of benzene rings is 1. The highest BCUT2D eigenvalue weighted by Gasteiger charge is 2.34. The number of morpholine rings is 1. The molecule has 0 radical (unpaired) electrons. The topological polar surface area (TPSA) is 87.2 Å². The summed E-state index contributed by atoms with van der Waals surface area (Å²) in [6.45, 7) is 2.25. The number of aliphatic carboxylic acids is 1. The molecule has 2 heterocycles. The van der Waals surface area contributed by atoms with E-state index in [0.29, 0.717) is 39.2 Å². The summed E-state index contributed by atoms with van der Waals surface area (Å²) in [7, 11) is 0. The molecule has 1 aromatic rings. The molecule has 7 heteroatoms. The van der Waals surface area contributed by atoms with E-state index in [-0.39, 0.29) is 24.2 Å². The zero-order valence-corrected chi connectivity index (χ0v) is 15.4. The van der Waals surface area contributed by atoms with Crippen LogP contribution in [0.15, 0.2) is 30.3 Å². The van der Waals surface area contributed by atoms with E-state index in [9.17, 15) is 14.4 Å². The number of likely N-dealkylation sites (tertiary alicyclic amines) is 1. The average molecular weight is 374 g/mol. The Kier molecular flexibility index (Phi) is 6.45. The highest BCUT2D eigenvalue weighted by Crippen LogP contribution is 2.21. The van der Waals surface area contributed by atoms with Crippen LogP contribution in [0, 0.1) is 5.92 Å². The lowest BCUT2D eigenvalue weighted by Gasteiger charge is -2.38. The molecule has 0 bridgehead atoms. The van der Waals surface area contributed by atoms with Gasteiger partial charge in [0, 0.05) is 26.2 Å². The second kappa shape index (κ2) is 8.99. The number of ether oxygens (including phenoxy) is 1. The fourth-order valence-electron chi connectivity index (χ4n) is 3.78. The molecule has 2 aliphatic heterocycles. The van der Waals surface area contributed by atoms with Gasteiger partial charge in [0.25, 0.3) is 0 Å². The lowest BCUT2D eigenvalue weighted by molar-refractivity contribution is -0.151. The SMILES string of the molecule is O=C(O)CC1CN(C(=O)C2CCCN(C(=O)Cc3ccccc3)C2)CCO1. The first kappa shape index (κ1) is 19.4. The number of carbonyl (C=O) groups is 3. The van der Waals surface area contributed by atoms with E-state index >= 15 is 0 Å². The minimum absolute atomic E-state index is 0.00546. The third kappa shape index (κ3) is 5.29. The molecule has 2 unspecified atom stereocenters. The normalized spacial score (nSPS) is 23.1. The molecular formula is C20H26N2O5. The van der Waals surface area contributed by atoms with Crippen molar-refractivity contribution < 1.29 is 24.2 Å². The van der Waals surface area contributed by atoms with Crippen LogP contribution < -0.4 is 0 Å². The van der Waals surface area contributed by atoms with Crippen molar-refractivity contribution in [2.24, 2.45) is 5.92 Å². The quantitative estimate of drug-likeness (QED) is 0.836. The van der Waals surface area contributed by atoms with E-state index in [1.54, 1.807) is 9.80 Å². The number of amides is 2. The summed E-state index contributed by atoms with van der Waals surface area (Å²) in [6, 6.07) is 9.61.